The standard InChI is InChI=1S/C20H34N4O3/c1-24(2)16(25)12-22-19(21-11-14-5-9-26-13-14)23-17-15-6-10-27-18(15)20(17)7-3-4-8-20/h14-15,17-18H,3-13H2,1-2H3,(H2,21,22,23). The summed E-state index contributed by atoms with van der Waals surface area (Å²) < 4.78 is 11.6. The number of aliphatic imine (C=N–C) groups is 1. The third-order valence-electron chi connectivity index (χ3n) is 7.03. The summed E-state index contributed by atoms with van der Waals surface area (Å²) in [6.07, 6.45) is 7.71. The molecule has 0 bridgehead atoms. The van der Waals surface area contributed by atoms with Crippen LogP contribution in [0.4, 0.5) is 0 Å². The lowest BCUT2D eigenvalue weighted by Crippen LogP contribution is -2.69. The normalized spacial score (nSPS) is 34.4. The topological polar surface area (TPSA) is 75.2 Å². The molecule has 4 atom stereocenters. The van der Waals surface area contributed by atoms with E-state index in [0.717, 1.165) is 45.2 Å². The van der Waals surface area contributed by atoms with Crippen molar-refractivity contribution in [3.05, 3.63) is 0 Å². The summed E-state index contributed by atoms with van der Waals surface area (Å²) in [7, 11) is 3.54. The van der Waals surface area contributed by atoms with Crippen LogP contribution < -0.4 is 10.6 Å². The zero-order chi connectivity index (χ0) is 18.9. The van der Waals surface area contributed by atoms with E-state index in [1.165, 1.54) is 25.7 Å². The van der Waals surface area contributed by atoms with Gasteiger partial charge in [0.15, 0.2) is 5.96 Å². The van der Waals surface area contributed by atoms with Crippen molar-refractivity contribution in [2.45, 2.75) is 50.7 Å². The van der Waals surface area contributed by atoms with Crippen LogP contribution in [-0.2, 0) is 14.3 Å². The number of rotatable bonds is 5. The number of hydrogen-bond acceptors (Lipinski definition) is 4. The Morgan fingerprint density at radius 1 is 1.22 bits per heavy atom. The first kappa shape index (κ1) is 19.0. The molecule has 4 unspecified atom stereocenters. The molecule has 7 nitrogen and oxygen atoms in total. The largest absolute Gasteiger partial charge is 0.381 e. The Hall–Kier alpha value is -1.34. The van der Waals surface area contributed by atoms with Crippen LogP contribution >= 0.6 is 0 Å². The first-order valence-corrected chi connectivity index (χ1v) is 10.5. The Morgan fingerprint density at radius 2 is 2.04 bits per heavy atom. The Kier molecular flexibility index (Phi) is 5.60. The third kappa shape index (κ3) is 3.68. The quantitative estimate of drug-likeness (QED) is 0.551. The lowest BCUT2D eigenvalue weighted by atomic mass is 9.54. The summed E-state index contributed by atoms with van der Waals surface area (Å²) in [5.41, 5.74) is 0.269. The van der Waals surface area contributed by atoms with Crippen molar-refractivity contribution in [2.75, 3.05) is 47.0 Å². The van der Waals surface area contributed by atoms with E-state index in [2.05, 4.69) is 15.6 Å². The number of nitrogens with zero attached hydrogens (tertiary/aromatic N) is 2. The molecule has 2 aliphatic carbocycles. The van der Waals surface area contributed by atoms with E-state index in [1.54, 1.807) is 19.0 Å². The fourth-order valence-electron chi connectivity index (χ4n) is 5.48. The van der Waals surface area contributed by atoms with Gasteiger partial charge in [-0.15, -0.1) is 0 Å². The smallest absolute Gasteiger partial charge is 0.243 e. The molecule has 2 N–H and O–H groups in total. The average Bonchev–Trinajstić information content (AvgIpc) is 3.40. The zero-order valence-electron chi connectivity index (χ0n) is 16.7. The van der Waals surface area contributed by atoms with Gasteiger partial charge in [-0.3, -0.25) is 4.79 Å². The predicted octanol–water partition coefficient (Wildman–Crippen LogP) is 0.994. The van der Waals surface area contributed by atoms with Gasteiger partial charge in [-0.1, -0.05) is 12.8 Å². The van der Waals surface area contributed by atoms with Crippen molar-refractivity contribution in [1.82, 2.24) is 15.5 Å². The molecule has 2 saturated heterocycles. The second kappa shape index (κ2) is 7.95. The minimum Gasteiger partial charge on any atom is -0.381 e. The highest BCUT2D eigenvalue weighted by Gasteiger charge is 2.65. The number of amides is 1. The first-order chi connectivity index (χ1) is 13.1. The van der Waals surface area contributed by atoms with Gasteiger partial charge in [0.2, 0.25) is 5.91 Å². The average molecular weight is 379 g/mol. The molecular formula is C20H34N4O3. The molecule has 7 heteroatoms. The number of likely N-dealkylation sites (N-methyl/N-ethyl adjacent to an activating group) is 1. The van der Waals surface area contributed by atoms with E-state index >= 15 is 0 Å². The number of ether oxygens (including phenoxy) is 2. The van der Waals surface area contributed by atoms with Gasteiger partial charge in [0.05, 0.1) is 12.7 Å². The zero-order valence-corrected chi connectivity index (χ0v) is 16.7. The van der Waals surface area contributed by atoms with Gasteiger partial charge < -0.3 is 25.0 Å². The van der Waals surface area contributed by atoms with Gasteiger partial charge in [-0.05, 0) is 25.7 Å². The second-order valence-electron chi connectivity index (χ2n) is 8.87. The van der Waals surface area contributed by atoms with Crippen LogP contribution in [0.3, 0.4) is 0 Å². The van der Waals surface area contributed by atoms with Crippen LogP contribution in [0.2, 0.25) is 0 Å². The van der Waals surface area contributed by atoms with Crippen molar-refractivity contribution < 1.29 is 14.3 Å². The molecule has 2 saturated carbocycles. The molecule has 152 valence electrons. The molecule has 27 heavy (non-hydrogen) atoms. The number of carbonyl (C=O) groups is 1. The van der Waals surface area contributed by atoms with Crippen molar-refractivity contribution in [3.8, 4) is 0 Å². The van der Waals surface area contributed by atoms with Gasteiger partial charge in [-0.25, -0.2) is 4.99 Å². The summed E-state index contributed by atoms with van der Waals surface area (Å²) in [6, 6.07) is 0.410. The van der Waals surface area contributed by atoms with Crippen molar-refractivity contribution in [1.29, 1.82) is 0 Å². The van der Waals surface area contributed by atoms with Gasteiger partial charge in [0.1, 0.15) is 6.54 Å². The van der Waals surface area contributed by atoms with E-state index < -0.39 is 0 Å². The van der Waals surface area contributed by atoms with Gasteiger partial charge in [-0.2, -0.15) is 0 Å². The highest BCUT2D eigenvalue weighted by atomic mass is 16.5. The molecule has 0 aromatic rings. The van der Waals surface area contributed by atoms with E-state index in [0.29, 0.717) is 24.0 Å². The highest BCUT2D eigenvalue weighted by molar-refractivity contribution is 5.85. The maximum absolute atomic E-state index is 12.0. The van der Waals surface area contributed by atoms with Crippen LogP contribution in [0.1, 0.15) is 38.5 Å². The predicted molar refractivity (Wildman–Crippen MR) is 104 cm³/mol. The Morgan fingerprint density at radius 3 is 2.74 bits per heavy atom. The molecule has 0 aromatic carbocycles. The SMILES string of the molecule is CN(C)C(=O)CN=C(NCC1CCOC1)NC1C2CCOC2C12CCCC2. The van der Waals surface area contributed by atoms with Gasteiger partial charge in [0.25, 0.3) is 0 Å². The highest BCUT2D eigenvalue weighted by Crippen LogP contribution is 2.60. The number of guanidine groups is 1. The molecule has 2 aliphatic heterocycles. The summed E-state index contributed by atoms with van der Waals surface area (Å²) in [5.74, 6) is 1.89. The first-order valence-electron chi connectivity index (χ1n) is 10.5. The van der Waals surface area contributed by atoms with Crippen molar-refractivity contribution >= 4 is 11.9 Å². The van der Waals surface area contributed by atoms with Crippen LogP contribution in [0.15, 0.2) is 4.99 Å². The lowest BCUT2D eigenvalue weighted by Gasteiger charge is -2.57. The summed E-state index contributed by atoms with van der Waals surface area (Å²) in [5, 5.41) is 7.21. The maximum Gasteiger partial charge on any atom is 0.243 e. The molecule has 0 aromatic heterocycles. The fraction of sp³-hybridized carbons (Fsp3) is 0.900. The third-order valence-corrected chi connectivity index (χ3v) is 7.03. The van der Waals surface area contributed by atoms with Crippen molar-refractivity contribution in [3.63, 3.8) is 0 Å². The van der Waals surface area contributed by atoms with Gasteiger partial charge in [0, 0.05) is 57.1 Å². The van der Waals surface area contributed by atoms with Crippen LogP contribution in [-0.4, -0.2) is 75.9 Å². The lowest BCUT2D eigenvalue weighted by molar-refractivity contribution is -0.127. The molecule has 1 amide bonds. The van der Waals surface area contributed by atoms with E-state index in [-0.39, 0.29) is 17.9 Å². The monoisotopic (exact) mass is 378 g/mol. The van der Waals surface area contributed by atoms with E-state index in [4.69, 9.17) is 9.47 Å². The second-order valence-corrected chi connectivity index (χ2v) is 8.87. The maximum atomic E-state index is 12.0. The molecule has 4 fully saturated rings. The minimum atomic E-state index is 0.0200. The molecule has 4 aliphatic rings. The van der Waals surface area contributed by atoms with Crippen LogP contribution in [0.25, 0.3) is 0 Å². The number of nitrogens with one attached hydrogen (secondary N) is 2. The number of hydrogen-bond donors (Lipinski definition) is 2. The Labute approximate surface area is 162 Å². The molecule has 2 heterocycles. The van der Waals surface area contributed by atoms with Crippen LogP contribution in [0.5, 0.6) is 0 Å². The van der Waals surface area contributed by atoms with Gasteiger partial charge >= 0.3 is 0 Å². The number of carbonyl (C=O) groups excluding carboxylic acids is 1. The summed E-state index contributed by atoms with van der Waals surface area (Å²) >= 11 is 0. The van der Waals surface area contributed by atoms with Crippen LogP contribution in [0, 0.1) is 17.3 Å². The Bertz CT molecular complexity index is 568. The molecule has 0 radical (unpaired) electrons. The van der Waals surface area contributed by atoms with E-state index in [1.807, 2.05) is 0 Å². The number of fused-ring (bicyclic) bond motifs is 2. The minimum absolute atomic E-state index is 0.0200. The fourth-order valence-corrected chi connectivity index (χ4v) is 5.48. The molecule has 4 rings (SSSR count). The summed E-state index contributed by atoms with van der Waals surface area (Å²) in [6.45, 7) is 3.55. The molecule has 1 spiro atoms. The molecular weight excluding hydrogens is 344 g/mol. The summed E-state index contributed by atoms with van der Waals surface area (Å²) in [4.78, 5) is 18.2. The van der Waals surface area contributed by atoms with E-state index in [9.17, 15) is 4.79 Å². The van der Waals surface area contributed by atoms with Crippen molar-refractivity contribution in [2.24, 2.45) is 22.2 Å². The Balaban J connectivity index is 1.44.